The monoisotopic (exact) mass is 346 g/mol. The zero-order chi connectivity index (χ0) is 17.9. The Bertz CT molecular complexity index is 527. The molecule has 0 unspecified atom stereocenters. The second kappa shape index (κ2) is 10.9. The highest BCUT2D eigenvalue weighted by Crippen LogP contribution is 2.10. The van der Waals surface area contributed by atoms with Crippen molar-refractivity contribution in [1.29, 1.82) is 0 Å². The highest BCUT2D eigenvalue weighted by Gasteiger charge is 2.17. The standard InChI is InChI=1S/C20H30N2O3/c1-2-25-19(23)12-17-22(20(24)18-10-4-3-5-11-18)16-9-8-15-21-13-6-7-14-21/h3-5,10-11H,2,6-9,12-17H2,1H3. The van der Waals surface area contributed by atoms with Crippen LogP contribution < -0.4 is 0 Å². The maximum atomic E-state index is 12.7. The van der Waals surface area contributed by atoms with Gasteiger partial charge in [0, 0.05) is 18.7 Å². The van der Waals surface area contributed by atoms with E-state index >= 15 is 0 Å². The molecule has 5 nitrogen and oxygen atoms in total. The smallest absolute Gasteiger partial charge is 0.307 e. The SMILES string of the molecule is CCOC(=O)CCN(CCCCN1CCCC1)C(=O)c1ccccc1. The Labute approximate surface area is 150 Å². The molecule has 1 saturated heterocycles. The number of carbonyl (C=O) groups is 2. The van der Waals surface area contributed by atoms with E-state index in [-0.39, 0.29) is 18.3 Å². The van der Waals surface area contributed by atoms with Gasteiger partial charge in [-0.2, -0.15) is 0 Å². The summed E-state index contributed by atoms with van der Waals surface area (Å²) in [4.78, 5) is 28.6. The molecular weight excluding hydrogens is 316 g/mol. The lowest BCUT2D eigenvalue weighted by Crippen LogP contribution is -2.34. The minimum absolute atomic E-state index is 0.00827. The summed E-state index contributed by atoms with van der Waals surface area (Å²) in [6.45, 7) is 6.78. The van der Waals surface area contributed by atoms with Gasteiger partial charge in [0.05, 0.1) is 13.0 Å². The summed E-state index contributed by atoms with van der Waals surface area (Å²) in [6, 6.07) is 9.28. The van der Waals surface area contributed by atoms with Crippen LogP contribution in [-0.2, 0) is 9.53 Å². The molecule has 2 rings (SSSR count). The molecule has 1 aliphatic rings. The maximum Gasteiger partial charge on any atom is 0.307 e. The van der Waals surface area contributed by atoms with Gasteiger partial charge in [-0.3, -0.25) is 9.59 Å². The van der Waals surface area contributed by atoms with Crippen LogP contribution in [0.25, 0.3) is 0 Å². The molecule has 0 aromatic heterocycles. The summed E-state index contributed by atoms with van der Waals surface area (Å²) in [6.07, 6.45) is 4.89. The third-order valence-electron chi connectivity index (χ3n) is 4.55. The molecule has 0 spiro atoms. The van der Waals surface area contributed by atoms with E-state index in [1.54, 1.807) is 11.8 Å². The van der Waals surface area contributed by atoms with E-state index in [4.69, 9.17) is 4.74 Å². The second-order valence-electron chi connectivity index (χ2n) is 6.47. The fourth-order valence-corrected chi connectivity index (χ4v) is 3.18. The van der Waals surface area contributed by atoms with Crippen molar-refractivity contribution in [3.05, 3.63) is 35.9 Å². The number of carbonyl (C=O) groups excluding carboxylic acids is 2. The summed E-state index contributed by atoms with van der Waals surface area (Å²) in [5.41, 5.74) is 0.672. The number of unbranched alkanes of at least 4 members (excludes halogenated alkanes) is 1. The lowest BCUT2D eigenvalue weighted by atomic mass is 10.1. The molecule has 138 valence electrons. The number of benzene rings is 1. The number of ether oxygens (including phenoxy) is 1. The van der Waals surface area contributed by atoms with Crippen molar-refractivity contribution < 1.29 is 14.3 Å². The van der Waals surface area contributed by atoms with E-state index in [1.165, 1.54) is 25.9 Å². The van der Waals surface area contributed by atoms with E-state index in [0.717, 1.165) is 19.4 Å². The van der Waals surface area contributed by atoms with Gasteiger partial charge in [0.25, 0.3) is 5.91 Å². The average Bonchev–Trinajstić information content (AvgIpc) is 3.15. The largest absolute Gasteiger partial charge is 0.466 e. The zero-order valence-corrected chi connectivity index (χ0v) is 15.3. The van der Waals surface area contributed by atoms with E-state index in [0.29, 0.717) is 25.3 Å². The molecule has 1 fully saturated rings. The lowest BCUT2D eigenvalue weighted by molar-refractivity contribution is -0.143. The Balaban J connectivity index is 1.84. The van der Waals surface area contributed by atoms with Gasteiger partial charge < -0.3 is 14.5 Å². The average molecular weight is 346 g/mol. The van der Waals surface area contributed by atoms with E-state index in [1.807, 2.05) is 30.3 Å². The number of likely N-dealkylation sites (tertiary alicyclic amines) is 1. The van der Waals surface area contributed by atoms with Gasteiger partial charge in [-0.15, -0.1) is 0 Å². The first-order valence-corrected chi connectivity index (χ1v) is 9.43. The molecule has 0 radical (unpaired) electrons. The van der Waals surface area contributed by atoms with Crippen molar-refractivity contribution in [3.63, 3.8) is 0 Å². The molecule has 0 N–H and O–H groups in total. The summed E-state index contributed by atoms with van der Waals surface area (Å²) in [5.74, 6) is -0.253. The molecular formula is C20H30N2O3. The normalized spacial score (nSPS) is 14.4. The molecule has 0 bridgehead atoms. The second-order valence-corrected chi connectivity index (χ2v) is 6.47. The van der Waals surface area contributed by atoms with E-state index in [2.05, 4.69) is 4.90 Å². The van der Waals surface area contributed by atoms with Crippen LogP contribution >= 0.6 is 0 Å². The van der Waals surface area contributed by atoms with Gasteiger partial charge in [-0.05, 0) is 64.4 Å². The molecule has 1 amide bonds. The number of amides is 1. The topological polar surface area (TPSA) is 49.9 Å². The first kappa shape index (κ1) is 19.4. The van der Waals surface area contributed by atoms with Gasteiger partial charge in [0.2, 0.25) is 0 Å². The van der Waals surface area contributed by atoms with Gasteiger partial charge >= 0.3 is 5.97 Å². The number of hydrogen-bond acceptors (Lipinski definition) is 4. The lowest BCUT2D eigenvalue weighted by Gasteiger charge is -2.23. The van der Waals surface area contributed by atoms with Crippen molar-refractivity contribution >= 4 is 11.9 Å². The quantitative estimate of drug-likeness (QED) is 0.483. The molecule has 5 heteroatoms. The first-order chi connectivity index (χ1) is 12.2. The minimum atomic E-state index is -0.245. The minimum Gasteiger partial charge on any atom is -0.466 e. The summed E-state index contributed by atoms with van der Waals surface area (Å²) < 4.78 is 4.99. The van der Waals surface area contributed by atoms with Crippen molar-refractivity contribution in [2.45, 2.75) is 39.0 Å². The van der Waals surface area contributed by atoms with Crippen molar-refractivity contribution in [2.75, 3.05) is 39.3 Å². The van der Waals surface area contributed by atoms with Gasteiger partial charge in [0.1, 0.15) is 0 Å². The van der Waals surface area contributed by atoms with Gasteiger partial charge in [-0.1, -0.05) is 18.2 Å². The first-order valence-electron chi connectivity index (χ1n) is 9.43. The third-order valence-corrected chi connectivity index (χ3v) is 4.55. The van der Waals surface area contributed by atoms with Crippen LogP contribution in [0.4, 0.5) is 0 Å². The van der Waals surface area contributed by atoms with Crippen LogP contribution in [0.3, 0.4) is 0 Å². The predicted octanol–water partition coefficient (Wildman–Crippen LogP) is 2.96. The Hall–Kier alpha value is -1.88. The van der Waals surface area contributed by atoms with Crippen molar-refractivity contribution in [2.24, 2.45) is 0 Å². The Morgan fingerprint density at radius 1 is 1.08 bits per heavy atom. The van der Waals surface area contributed by atoms with Crippen LogP contribution in [-0.4, -0.2) is 61.0 Å². The van der Waals surface area contributed by atoms with Crippen molar-refractivity contribution in [1.82, 2.24) is 9.80 Å². The summed E-state index contributed by atoms with van der Waals surface area (Å²) in [5, 5.41) is 0. The summed E-state index contributed by atoms with van der Waals surface area (Å²) in [7, 11) is 0. The zero-order valence-electron chi connectivity index (χ0n) is 15.3. The molecule has 25 heavy (non-hydrogen) atoms. The van der Waals surface area contributed by atoms with Crippen LogP contribution in [0.1, 0.15) is 49.4 Å². The Kier molecular flexibility index (Phi) is 8.46. The molecule has 1 heterocycles. The summed E-state index contributed by atoms with van der Waals surface area (Å²) >= 11 is 0. The highest BCUT2D eigenvalue weighted by atomic mass is 16.5. The molecule has 0 saturated carbocycles. The number of hydrogen-bond donors (Lipinski definition) is 0. The van der Waals surface area contributed by atoms with Crippen LogP contribution in [0.15, 0.2) is 30.3 Å². The number of rotatable bonds is 10. The molecule has 0 atom stereocenters. The maximum absolute atomic E-state index is 12.7. The van der Waals surface area contributed by atoms with Crippen molar-refractivity contribution in [3.8, 4) is 0 Å². The highest BCUT2D eigenvalue weighted by molar-refractivity contribution is 5.94. The predicted molar refractivity (Wildman–Crippen MR) is 98.5 cm³/mol. The van der Waals surface area contributed by atoms with Crippen LogP contribution in [0, 0.1) is 0 Å². The van der Waals surface area contributed by atoms with Gasteiger partial charge in [0.15, 0.2) is 0 Å². The fraction of sp³-hybridized carbons (Fsp3) is 0.600. The number of esters is 1. The third kappa shape index (κ3) is 6.86. The molecule has 1 aliphatic heterocycles. The fourth-order valence-electron chi connectivity index (χ4n) is 3.18. The van der Waals surface area contributed by atoms with E-state index in [9.17, 15) is 9.59 Å². The van der Waals surface area contributed by atoms with Gasteiger partial charge in [-0.25, -0.2) is 0 Å². The molecule has 0 aliphatic carbocycles. The Morgan fingerprint density at radius 3 is 2.48 bits per heavy atom. The molecule has 1 aromatic rings. The molecule has 1 aromatic carbocycles. The number of nitrogens with zero attached hydrogens (tertiary/aromatic N) is 2. The van der Waals surface area contributed by atoms with Crippen LogP contribution in [0.5, 0.6) is 0 Å². The van der Waals surface area contributed by atoms with E-state index < -0.39 is 0 Å². The van der Waals surface area contributed by atoms with Crippen LogP contribution in [0.2, 0.25) is 0 Å². The Morgan fingerprint density at radius 2 is 1.80 bits per heavy atom.